The highest BCUT2D eigenvalue weighted by molar-refractivity contribution is 5.76. The number of halogens is 3. The van der Waals surface area contributed by atoms with Gasteiger partial charge < -0.3 is 9.80 Å². The van der Waals surface area contributed by atoms with E-state index in [9.17, 15) is 18.0 Å². The largest absolute Gasteiger partial charge is 0.433 e. The van der Waals surface area contributed by atoms with E-state index in [0.29, 0.717) is 39.0 Å². The lowest BCUT2D eigenvalue weighted by Crippen LogP contribution is -2.49. The normalized spacial score (nSPS) is 15.1. The molecule has 2 aromatic heterocycles. The number of amides is 1. The number of anilines is 1. The molecule has 0 unspecified atom stereocenters. The molecule has 1 saturated heterocycles. The molecule has 0 saturated carbocycles. The van der Waals surface area contributed by atoms with Crippen molar-refractivity contribution >= 4 is 11.9 Å². The molecule has 144 valence electrons. The zero-order valence-corrected chi connectivity index (χ0v) is 14.9. The number of nitrogens with zero attached hydrogens (tertiary/aromatic N) is 5. The average Bonchev–Trinajstić information content (AvgIpc) is 2.66. The first-order valence-electron chi connectivity index (χ1n) is 8.68. The summed E-state index contributed by atoms with van der Waals surface area (Å²) < 4.78 is 38.8. The second-order valence-corrected chi connectivity index (χ2v) is 6.38. The summed E-state index contributed by atoms with van der Waals surface area (Å²) in [7, 11) is 0. The Morgan fingerprint density at radius 2 is 1.89 bits per heavy atom. The van der Waals surface area contributed by atoms with Crippen LogP contribution in [-0.2, 0) is 17.4 Å². The standard InChI is InChI=1S/C18H20F3N5O/c1-13-12-15(18(19,20)21)24-17(23-13)26-10-8-25(9-11-26)16(27)6-5-14-4-2-3-7-22-14/h2-4,7,12H,5-6,8-11H2,1H3. The lowest BCUT2D eigenvalue weighted by molar-refractivity contribution is -0.141. The van der Waals surface area contributed by atoms with E-state index in [4.69, 9.17) is 0 Å². The van der Waals surface area contributed by atoms with Crippen molar-refractivity contribution in [1.82, 2.24) is 19.9 Å². The van der Waals surface area contributed by atoms with Crippen molar-refractivity contribution in [2.45, 2.75) is 25.9 Å². The number of carbonyl (C=O) groups is 1. The summed E-state index contributed by atoms with van der Waals surface area (Å²) in [5.41, 5.74) is 0.178. The number of hydrogen-bond acceptors (Lipinski definition) is 5. The van der Waals surface area contributed by atoms with E-state index in [1.165, 1.54) is 6.92 Å². The Hall–Kier alpha value is -2.71. The van der Waals surface area contributed by atoms with Crippen molar-refractivity contribution in [2.75, 3.05) is 31.1 Å². The first-order chi connectivity index (χ1) is 12.8. The number of aryl methyl sites for hydroxylation is 2. The molecule has 6 nitrogen and oxygen atoms in total. The molecule has 0 radical (unpaired) electrons. The number of rotatable bonds is 4. The molecular weight excluding hydrogens is 359 g/mol. The predicted molar refractivity (Wildman–Crippen MR) is 93.1 cm³/mol. The summed E-state index contributed by atoms with van der Waals surface area (Å²) in [6, 6.07) is 6.50. The Kier molecular flexibility index (Phi) is 5.57. The van der Waals surface area contributed by atoms with E-state index in [1.54, 1.807) is 16.0 Å². The summed E-state index contributed by atoms with van der Waals surface area (Å²) in [5.74, 6) is 0.0735. The summed E-state index contributed by atoms with van der Waals surface area (Å²) in [6.45, 7) is 3.17. The van der Waals surface area contributed by atoms with Gasteiger partial charge in [-0.15, -0.1) is 0 Å². The maximum absolute atomic E-state index is 12.9. The maximum Gasteiger partial charge on any atom is 0.433 e. The number of carbonyl (C=O) groups excluding carboxylic acids is 1. The van der Waals surface area contributed by atoms with E-state index in [1.807, 2.05) is 18.2 Å². The van der Waals surface area contributed by atoms with Gasteiger partial charge >= 0.3 is 6.18 Å². The fraction of sp³-hybridized carbons (Fsp3) is 0.444. The number of aromatic nitrogens is 3. The van der Waals surface area contributed by atoms with Gasteiger partial charge in [0.25, 0.3) is 0 Å². The van der Waals surface area contributed by atoms with Crippen molar-refractivity contribution in [3.05, 3.63) is 47.5 Å². The lowest BCUT2D eigenvalue weighted by atomic mass is 10.2. The van der Waals surface area contributed by atoms with Crippen molar-refractivity contribution in [3.8, 4) is 0 Å². The average molecular weight is 379 g/mol. The van der Waals surface area contributed by atoms with Gasteiger partial charge in [-0.3, -0.25) is 9.78 Å². The molecule has 1 fully saturated rings. The molecular formula is C18H20F3N5O. The Balaban J connectivity index is 1.57. The predicted octanol–water partition coefficient (Wildman–Crippen LogP) is 2.48. The van der Waals surface area contributed by atoms with Gasteiger partial charge in [-0.1, -0.05) is 6.07 Å². The monoisotopic (exact) mass is 379 g/mol. The third-order valence-corrected chi connectivity index (χ3v) is 4.37. The van der Waals surface area contributed by atoms with Crippen LogP contribution < -0.4 is 4.90 Å². The van der Waals surface area contributed by atoms with Gasteiger partial charge in [0.05, 0.1) is 0 Å². The summed E-state index contributed by atoms with van der Waals surface area (Å²) in [5, 5.41) is 0. The van der Waals surface area contributed by atoms with Crippen molar-refractivity contribution in [2.24, 2.45) is 0 Å². The number of hydrogen-bond donors (Lipinski definition) is 0. The molecule has 0 aliphatic carbocycles. The van der Waals surface area contributed by atoms with Gasteiger partial charge in [0.15, 0.2) is 0 Å². The van der Waals surface area contributed by atoms with Crippen LogP contribution in [0, 0.1) is 6.92 Å². The van der Waals surface area contributed by atoms with Crippen LogP contribution in [0.3, 0.4) is 0 Å². The Morgan fingerprint density at radius 1 is 1.15 bits per heavy atom. The third kappa shape index (κ3) is 4.93. The quantitative estimate of drug-likeness (QED) is 0.817. The van der Waals surface area contributed by atoms with Crippen molar-refractivity contribution in [3.63, 3.8) is 0 Å². The first kappa shape index (κ1) is 19.1. The van der Waals surface area contributed by atoms with Gasteiger partial charge in [-0.2, -0.15) is 13.2 Å². The van der Waals surface area contributed by atoms with Crippen LogP contribution in [0.15, 0.2) is 30.5 Å². The summed E-state index contributed by atoms with van der Waals surface area (Å²) in [4.78, 5) is 27.7. The second kappa shape index (κ2) is 7.89. The highest BCUT2D eigenvalue weighted by atomic mass is 19.4. The molecule has 0 atom stereocenters. The number of pyridine rings is 1. The Morgan fingerprint density at radius 3 is 2.52 bits per heavy atom. The zero-order valence-electron chi connectivity index (χ0n) is 14.9. The van der Waals surface area contributed by atoms with Gasteiger partial charge in [-0.05, 0) is 31.5 Å². The van der Waals surface area contributed by atoms with E-state index in [2.05, 4.69) is 15.0 Å². The Bertz CT molecular complexity index is 789. The van der Waals surface area contributed by atoms with Crippen LogP contribution in [0.2, 0.25) is 0 Å². The SMILES string of the molecule is Cc1cc(C(F)(F)F)nc(N2CCN(C(=O)CCc3ccccn3)CC2)n1. The molecule has 0 N–H and O–H groups in total. The minimum atomic E-state index is -4.51. The van der Waals surface area contributed by atoms with Crippen LogP contribution in [-0.4, -0.2) is 51.9 Å². The molecule has 0 spiro atoms. The maximum atomic E-state index is 12.9. The molecule has 2 aromatic rings. The molecule has 3 heterocycles. The van der Waals surface area contributed by atoms with Gasteiger partial charge in [0, 0.05) is 50.2 Å². The number of alkyl halides is 3. The van der Waals surface area contributed by atoms with E-state index in [0.717, 1.165) is 11.8 Å². The van der Waals surface area contributed by atoms with Crippen LogP contribution in [0.1, 0.15) is 23.5 Å². The van der Waals surface area contributed by atoms with Crippen LogP contribution >= 0.6 is 0 Å². The number of piperazine rings is 1. The topological polar surface area (TPSA) is 62.2 Å². The molecule has 9 heteroatoms. The highest BCUT2D eigenvalue weighted by Crippen LogP contribution is 2.29. The highest BCUT2D eigenvalue weighted by Gasteiger charge is 2.34. The van der Waals surface area contributed by atoms with Gasteiger partial charge in [-0.25, -0.2) is 9.97 Å². The molecule has 1 amide bonds. The van der Waals surface area contributed by atoms with Gasteiger partial charge in [0.2, 0.25) is 11.9 Å². The molecule has 1 aliphatic heterocycles. The third-order valence-electron chi connectivity index (χ3n) is 4.37. The fourth-order valence-electron chi connectivity index (χ4n) is 2.93. The fourth-order valence-corrected chi connectivity index (χ4v) is 2.93. The minimum Gasteiger partial charge on any atom is -0.339 e. The van der Waals surface area contributed by atoms with Gasteiger partial charge in [0.1, 0.15) is 5.69 Å². The molecule has 0 aromatic carbocycles. The second-order valence-electron chi connectivity index (χ2n) is 6.38. The van der Waals surface area contributed by atoms with E-state index < -0.39 is 11.9 Å². The molecule has 27 heavy (non-hydrogen) atoms. The smallest absolute Gasteiger partial charge is 0.339 e. The minimum absolute atomic E-state index is 0.0152. The van der Waals surface area contributed by atoms with Crippen molar-refractivity contribution in [1.29, 1.82) is 0 Å². The zero-order chi connectivity index (χ0) is 19.4. The lowest BCUT2D eigenvalue weighted by Gasteiger charge is -2.35. The van der Waals surface area contributed by atoms with E-state index in [-0.39, 0.29) is 17.5 Å². The van der Waals surface area contributed by atoms with Crippen LogP contribution in [0.4, 0.5) is 19.1 Å². The van der Waals surface area contributed by atoms with Crippen molar-refractivity contribution < 1.29 is 18.0 Å². The molecule has 3 rings (SSSR count). The summed E-state index contributed by atoms with van der Waals surface area (Å²) in [6.07, 6.45) is -1.90. The molecule has 0 bridgehead atoms. The van der Waals surface area contributed by atoms with Crippen LogP contribution in [0.25, 0.3) is 0 Å². The van der Waals surface area contributed by atoms with E-state index >= 15 is 0 Å². The van der Waals surface area contributed by atoms with Crippen LogP contribution in [0.5, 0.6) is 0 Å². The Labute approximate surface area is 155 Å². The first-order valence-corrected chi connectivity index (χ1v) is 8.68. The molecule has 1 aliphatic rings. The summed E-state index contributed by atoms with van der Waals surface area (Å²) >= 11 is 0.